The maximum absolute atomic E-state index is 13.6. The normalized spacial score (nSPS) is 10.3. The van der Waals surface area contributed by atoms with E-state index in [1.165, 1.54) is 31.2 Å². The third-order valence-electron chi connectivity index (χ3n) is 2.51. The van der Waals surface area contributed by atoms with Crippen LogP contribution in [0.25, 0.3) is 11.1 Å². The Bertz CT molecular complexity index is 576. The lowest BCUT2D eigenvalue weighted by atomic mass is 10.0. The molecule has 17 heavy (non-hydrogen) atoms. The van der Waals surface area contributed by atoms with Gasteiger partial charge in [0.25, 0.3) is 0 Å². The molecule has 0 aliphatic heterocycles. The first-order valence-electron chi connectivity index (χ1n) is 5.14. The number of Topliss-reactive ketones (excluding diaryl/α,β-unsaturated/α-hetero) is 1. The predicted molar refractivity (Wildman–Crippen MR) is 61.8 cm³/mol. The van der Waals surface area contributed by atoms with Crippen LogP contribution < -0.4 is 0 Å². The first-order chi connectivity index (χ1) is 8.08. The molecule has 1 nitrogen and oxygen atoms in total. The van der Waals surface area contributed by atoms with Gasteiger partial charge >= 0.3 is 0 Å². The highest BCUT2D eigenvalue weighted by molar-refractivity contribution is 5.94. The monoisotopic (exact) mass is 232 g/mol. The molecular weight excluding hydrogens is 222 g/mol. The smallest absolute Gasteiger partial charge is 0.162 e. The van der Waals surface area contributed by atoms with Crippen LogP contribution >= 0.6 is 0 Å². The summed E-state index contributed by atoms with van der Waals surface area (Å²) in [5.41, 5.74) is 1.18. The number of hydrogen-bond acceptors (Lipinski definition) is 1. The summed E-state index contributed by atoms with van der Waals surface area (Å²) < 4.78 is 26.6. The van der Waals surface area contributed by atoms with Gasteiger partial charge in [-0.1, -0.05) is 18.2 Å². The number of halogens is 2. The van der Waals surface area contributed by atoms with E-state index in [-0.39, 0.29) is 17.2 Å². The zero-order valence-electron chi connectivity index (χ0n) is 9.21. The fourth-order valence-corrected chi connectivity index (χ4v) is 1.65. The summed E-state index contributed by atoms with van der Waals surface area (Å²) in [6.45, 7) is 1.31. The number of hydrogen-bond donors (Lipinski definition) is 0. The second-order valence-corrected chi connectivity index (χ2v) is 3.76. The lowest BCUT2D eigenvalue weighted by Crippen LogP contribution is -1.96. The Morgan fingerprint density at radius 3 is 2.29 bits per heavy atom. The largest absolute Gasteiger partial charge is 0.294 e. The van der Waals surface area contributed by atoms with Gasteiger partial charge in [0.05, 0.1) is 5.56 Å². The molecule has 0 aliphatic carbocycles. The molecule has 0 amide bonds. The van der Waals surface area contributed by atoms with Gasteiger partial charge in [0.2, 0.25) is 0 Å². The summed E-state index contributed by atoms with van der Waals surface area (Å²) in [6.07, 6.45) is 0. The molecule has 0 N–H and O–H groups in total. The standard InChI is InChI=1S/C14H10F2O/c1-9(17)13-6-5-11(8-14(13)16)10-3-2-4-12(15)7-10/h2-8H,1H3. The average molecular weight is 232 g/mol. The van der Waals surface area contributed by atoms with E-state index in [1.807, 2.05) is 0 Å². The summed E-state index contributed by atoms with van der Waals surface area (Å²) >= 11 is 0. The molecule has 0 fully saturated rings. The zero-order valence-corrected chi connectivity index (χ0v) is 9.21. The molecular formula is C14H10F2O. The Balaban J connectivity index is 2.48. The van der Waals surface area contributed by atoms with Crippen LogP contribution in [0.2, 0.25) is 0 Å². The van der Waals surface area contributed by atoms with Crippen molar-refractivity contribution in [2.75, 3.05) is 0 Å². The van der Waals surface area contributed by atoms with Crippen molar-refractivity contribution in [1.82, 2.24) is 0 Å². The van der Waals surface area contributed by atoms with Crippen LogP contribution in [0.1, 0.15) is 17.3 Å². The number of benzene rings is 2. The van der Waals surface area contributed by atoms with E-state index in [9.17, 15) is 13.6 Å². The highest BCUT2D eigenvalue weighted by Gasteiger charge is 2.08. The number of ketones is 1. The Hall–Kier alpha value is -2.03. The summed E-state index contributed by atoms with van der Waals surface area (Å²) in [7, 11) is 0. The molecule has 86 valence electrons. The molecule has 0 radical (unpaired) electrons. The SMILES string of the molecule is CC(=O)c1ccc(-c2cccc(F)c2)cc1F. The van der Waals surface area contributed by atoms with E-state index in [2.05, 4.69) is 0 Å². The zero-order chi connectivity index (χ0) is 12.4. The Morgan fingerprint density at radius 1 is 1.00 bits per heavy atom. The molecule has 3 heteroatoms. The Morgan fingerprint density at radius 2 is 1.71 bits per heavy atom. The highest BCUT2D eigenvalue weighted by atomic mass is 19.1. The second-order valence-electron chi connectivity index (χ2n) is 3.76. The molecule has 0 unspecified atom stereocenters. The molecule has 0 heterocycles. The van der Waals surface area contributed by atoms with E-state index >= 15 is 0 Å². The van der Waals surface area contributed by atoms with Crippen molar-refractivity contribution in [2.45, 2.75) is 6.92 Å². The third-order valence-corrected chi connectivity index (χ3v) is 2.51. The lowest BCUT2D eigenvalue weighted by molar-refractivity contribution is 0.101. The van der Waals surface area contributed by atoms with Gasteiger partial charge in [0.1, 0.15) is 11.6 Å². The van der Waals surface area contributed by atoms with E-state index in [1.54, 1.807) is 18.2 Å². The first-order valence-corrected chi connectivity index (χ1v) is 5.14. The van der Waals surface area contributed by atoms with Crippen molar-refractivity contribution in [3.8, 4) is 11.1 Å². The summed E-state index contributed by atoms with van der Waals surface area (Å²) in [6, 6.07) is 10.1. The summed E-state index contributed by atoms with van der Waals surface area (Å²) in [5, 5.41) is 0. The van der Waals surface area contributed by atoms with Crippen LogP contribution in [-0.4, -0.2) is 5.78 Å². The minimum Gasteiger partial charge on any atom is -0.294 e. The molecule has 2 rings (SSSR count). The van der Waals surface area contributed by atoms with Crippen molar-refractivity contribution in [3.05, 3.63) is 59.7 Å². The fraction of sp³-hybridized carbons (Fsp3) is 0.0714. The van der Waals surface area contributed by atoms with E-state index < -0.39 is 5.82 Å². The Labute approximate surface area is 97.7 Å². The molecule has 0 spiro atoms. The maximum Gasteiger partial charge on any atom is 0.162 e. The van der Waals surface area contributed by atoms with Gasteiger partial charge in [-0.05, 0) is 42.3 Å². The van der Waals surface area contributed by atoms with E-state index in [4.69, 9.17) is 0 Å². The minimum atomic E-state index is -0.584. The first kappa shape index (κ1) is 11.5. The van der Waals surface area contributed by atoms with Gasteiger partial charge in [-0.2, -0.15) is 0 Å². The topological polar surface area (TPSA) is 17.1 Å². The number of carbonyl (C=O) groups excluding carboxylic acids is 1. The Kier molecular flexibility index (Phi) is 3.00. The molecule has 0 bridgehead atoms. The van der Waals surface area contributed by atoms with Gasteiger partial charge in [-0.3, -0.25) is 4.79 Å². The third kappa shape index (κ3) is 2.38. The quantitative estimate of drug-likeness (QED) is 0.719. The summed E-state index contributed by atoms with van der Waals surface area (Å²) in [5.74, 6) is -1.29. The van der Waals surface area contributed by atoms with Crippen molar-refractivity contribution < 1.29 is 13.6 Å². The minimum absolute atomic E-state index is 0.0464. The van der Waals surface area contributed by atoms with Gasteiger partial charge < -0.3 is 0 Å². The molecule has 2 aromatic carbocycles. The molecule has 2 aromatic rings. The van der Waals surface area contributed by atoms with Crippen molar-refractivity contribution >= 4 is 5.78 Å². The van der Waals surface area contributed by atoms with E-state index in [0.29, 0.717) is 11.1 Å². The molecule has 0 aliphatic rings. The van der Waals surface area contributed by atoms with Crippen LogP contribution in [0.4, 0.5) is 8.78 Å². The summed E-state index contributed by atoms with van der Waals surface area (Å²) in [4.78, 5) is 11.1. The highest BCUT2D eigenvalue weighted by Crippen LogP contribution is 2.22. The lowest BCUT2D eigenvalue weighted by Gasteiger charge is -2.04. The van der Waals surface area contributed by atoms with Crippen molar-refractivity contribution in [2.24, 2.45) is 0 Å². The van der Waals surface area contributed by atoms with Gasteiger partial charge in [-0.15, -0.1) is 0 Å². The predicted octanol–water partition coefficient (Wildman–Crippen LogP) is 3.83. The van der Waals surface area contributed by atoms with Crippen LogP contribution in [0.5, 0.6) is 0 Å². The number of rotatable bonds is 2. The van der Waals surface area contributed by atoms with Crippen LogP contribution in [0, 0.1) is 11.6 Å². The molecule has 0 atom stereocenters. The second kappa shape index (κ2) is 4.45. The number of carbonyl (C=O) groups is 1. The fourth-order valence-electron chi connectivity index (χ4n) is 1.65. The van der Waals surface area contributed by atoms with Crippen LogP contribution in [-0.2, 0) is 0 Å². The van der Waals surface area contributed by atoms with Crippen molar-refractivity contribution in [3.63, 3.8) is 0 Å². The molecule has 0 aromatic heterocycles. The van der Waals surface area contributed by atoms with Crippen LogP contribution in [0.3, 0.4) is 0 Å². The van der Waals surface area contributed by atoms with Gasteiger partial charge in [0, 0.05) is 0 Å². The van der Waals surface area contributed by atoms with Crippen molar-refractivity contribution in [1.29, 1.82) is 0 Å². The van der Waals surface area contributed by atoms with Crippen LogP contribution in [0.15, 0.2) is 42.5 Å². The van der Waals surface area contributed by atoms with E-state index in [0.717, 1.165) is 0 Å². The molecule has 0 saturated heterocycles. The van der Waals surface area contributed by atoms with Gasteiger partial charge in [-0.25, -0.2) is 8.78 Å². The average Bonchev–Trinajstić information content (AvgIpc) is 2.28. The molecule has 0 saturated carbocycles. The van der Waals surface area contributed by atoms with Gasteiger partial charge in [0.15, 0.2) is 5.78 Å². The maximum atomic E-state index is 13.6.